The summed E-state index contributed by atoms with van der Waals surface area (Å²) in [6, 6.07) is 4.92. The minimum Gasteiger partial charge on any atom is -0.208 e. The summed E-state index contributed by atoms with van der Waals surface area (Å²) in [6.45, 7) is 7.85. The van der Waals surface area contributed by atoms with Gasteiger partial charge in [-0.2, -0.15) is 0 Å². The average molecular weight is 399 g/mol. The topological polar surface area (TPSA) is 46.2 Å². The maximum Gasteiger partial charge on any atom is 0.241 e. The Bertz CT molecular complexity index is 535. The molecule has 102 valence electrons. The quantitative estimate of drug-likeness (QED) is 0.838. The van der Waals surface area contributed by atoms with Crippen LogP contribution >= 0.6 is 31.9 Å². The standard InChI is InChI=1S/C12H17Br2NO2S/c1-8(12(2,3)4)15-18(16,17)11-7-9(13)5-6-10(11)14/h5-8,15H,1-4H3. The molecule has 0 amide bonds. The van der Waals surface area contributed by atoms with Gasteiger partial charge in [0.05, 0.1) is 4.90 Å². The average Bonchev–Trinajstić information content (AvgIpc) is 2.19. The Morgan fingerprint density at radius 2 is 1.78 bits per heavy atom. The Morgan fingerprint density at radius 3 is 2.28 bits per heavy atom. The summed E-state index contributed by atoms with van der Waals surface area (Å²) in [5.41, 5.74) is -0.133. The van der Waals surface area contributed by atoms with Crippen molar-refractivity contribution in [1.29, 1.82) is 0 Å². The van der Waals surface area contributed by atoms with Crippen molar-refractivity contribution >= 4 is 41.9 Å². The number of halogens is 2. The zero-order valence-corrected chi connectivity index (χ0v) is 14.8. The van der Waals surface area contributed by atoms with Gasteiger partial charge < -0.3 is 0 Å². The molecule has 0 heterocycles. The molecule has 0 aliphatic rings. The molecule has 6 heteroatoms. The van der Waals surface area contributed by atoms with E-state index in [1.54, 1.807) is 18.2 Å². The van der Waals surface area contributed by atoms with Gasteiger partial charge in [0, 0.05) is 15.0 Å². The van der Waals surface area contributed by atoms with Crippen molar-refractivity contribution in [2.75, 3.05) is 0 Å². The maximum atomic E-state index is 12.3. The van der Waals surface area contributed by atoms with E-state index >= 15 is 0 Å². The molecule has 1 aromatic rings. The first kappa shape index (κ1) is 16.1. The van der Waals surface area contributed by atoms with E-state index in [2.05, 4.69) is 36.6 Å². The predicted molar refractivity (Wildman–Crippen MR) is 81.1 cm³/mol. The van der Waals surface area contributed by atoms with Crippen molar-refractivity contribution in [1.82, 2.24) is 4.72 Å². The fourth-order valence-corrected chi connectivity index (χ4v) is 4.11. The van der Waals surface area contributed by atoms with Crippen molar-refractivity contribution in [2.24, 2.45) is 5.41 Å². The summed E-state index contributed by atoms with van der Waals surface area (Å²) >= 11 is 6.55. The molecule has 1 unspecified atom stereocenters. The van der Waals surface area contributed by atoms with Gasteiger partial charge in [0.2, 0.25) is 10.0 Å². The van der Waals surface area contributed by atoms with E-state index < -0.39 is 10.0 Å². The fraction of sp³-hybridized carbons (Fsp3) is 0.500. The predicted octanol–water partition coefficient (Wildman–Crippen LogP) is 3.92. The van der Waals surface area contributed by atoms with E-state index in [0.717, 1.165) is 4.47 Å². The lowest BCUT2D eigenvalue weighted by Gasteiger charge is -2.28. The highest BCUT2D eigenvalue weighted by atomic mass is 79.9. The second kappa shape index (κ2) is 5.61. The number of hydrogen-bond donors (Lipinski definition) is 1. The molecule has 0 radical (unpaired) electrons. The van der Waals surface area contributed by atoms with Crippen LogP contribution in [0.2, 0.25) is 0 Å². The molecule has 1 rings (SSSR count). The summed E-state index contributed by atoms with van der Waals surface area (Å²) in [7, 11) is -3.52. The van der Waals surface area contributed by atoms with Gasteiger partial charge in [-0.05, 0) is 46.5 Å². The zero-order valence-electron chi connectivity index (χ0n) is 10.8. The second-order valence-corrected chi connectivity index (χ2v) is 8.74. The van der Waals surface area contributed by atoms with Crippen LogP contribution in [0.3, 0.4) is 0 Å². The van der Waals surface area contributed by atoms with Gasteiger partial charge in [0.15, 0.2) is 0 Å². The van der Waals surface area contributed by atoms with Gasteiger partial charge in [-0.15, -0.1) is 0 Å². The minimum absolute atomic E-state index is 0.133. The first-order valence-electron chi connectivity index (χ1n) is 5.51. The molecule has 0 aliphatic heterocycles. The first-order chi connectivity index (χ1) is 8.04. The third-order valence-corrected chi connectivity index (χ3v) is 5.84. The highest BCUT2D eigenvalue weighted by Gasteiger charge is 2.27. The molecule has 18 heavy (non-hydrogen) atoms. The minimum atomic E-state index is -3.52. The van der Waals surface area contributed by atoms with Gasteiger partial charge in [0.1, 0.15) is 0 Å². The van der Waals surface area contributed by atoms with Crippen LogP contribution in [0, 0.1) is 5.41 Å². The lowest BCUT2D eigenvalue weighted by molar-refractivity contribution is 0.317. The van der Waals surface area contributed by atoms with Gasteiger partial charge in [0.25, 0.3) is 0 Å². The van der Waals surface area contributed by atoms with Crippen LogP contribution in [0.5, 0.6) is 0 Å². The van der Waals surface area contributed by atoms with Crippen molar-refractivity contribution < 1.29 is 8.42 Å². The summed E-state index contributed by atoms with van der Waals surface area (Å²) in [5, 5.41) is 0. The maximum absolute atomic E-state index is 12.3. The Morgan fingerprint density at radius 1 is 1.22 bits per heavy atom. The fourth-order valence-electron chi connectivity index (χ4n) is 1.16. The zero-order chi connectivity index (χ0) is 14.1. The van der Waals surface area contributed by atoms with Gasteiger partial charge in [-0.3, -0.25) is 0 Å². The SMILES string of the molecule is CC(NS(=O)(=O)c1cc(Br)ccc1Br)C(C)(C)C. The molecule has 0 fully saturated rings. The first-order valence-corrected chi connectivity index (χ1v) is 8.58. The van der Waals surface area contributed by atoms with Crippen molar-refractivity contribution in [3.05, 3.63) is 27.1 Å². The lowest BCUT2D eigenvalue weighted by Crippen LogP contribution is -2.41. The molecular formula is C12H17Br2NO2S. The van der Waals surface area contributed by atoms with E-state index in [0.29, 0.717) is 4.47 Å². The van der Waals surface area contributed by atoms with Gasteiger partial charge in [-0.1, -0.05) is 36.7 Å². The summed E-state index contributed by atoms with van der Waals surface area (Å²) in [4.78, 5) is 0.243. The van der Waals surface area contributed by atoms with Gasteiger partial charge >= 0.3 is 0 Å². The normalized spacial score (nSPS) is 14.6. The van der Waals surface area contributed by atoms with Crippen LogP contribution in [0.15, 0.2) is 32.0 Å². The molecule has 1 N–H and O–H groups in total. The van der Waals surface area contributed by atoms with E-state index in [4.69, 9.17) is 0 Å². The van der Waals surface area contributed by atoms with Crippen molar-refractivity contribution in [2.45, 2.75) is 38.6 Å². The third kappa shape index (κ3) is 4.05. The molecule has 0 spiro atoms. The molecule has 1 atom stereocenters. The largest absolute Gasteiger partial charge is 0.241 e. The van der Waals surface area contributed by atoms with Crippen LogP contribution in [-0.2, 0) is 10.0 Å². The van der Waals surface area contributed by atoms with Crippen molar-refractivity contribution in [3.63, 3.8) is 0 Å². The van der Waals surface area contributed by atoms with E-state index in [-0.39, 0.29) is 16.4 Å². The molecule has 1 aromatic carbocycles. The monoisotopic (exact) mass is 397 g/mol. The molecule has 0 saturated heterocycles. The van der Waals surface area contributed by atoms with Crippen molar-refractivity contribution in [3.8, 4) is 0 Å². The smallest absolute Gasteiger partial charge is 0.208 e. The molecule has 0 saturated carbocycles. The third-order valence-electron chi connectivity index (χ3n) is 2.81. The highest BCUT2D eigenvalue weighted by Crippen LogP contribution is 2.27. The number of hydrogen-bond acceptors (Lipinski definition) is 2. The van der Waals surface area contributed by atoms with E-state index in [1.165, 1.54) is 0 Å². The number of benzene rings is 1. The lowest BCUT2D eigenvalue weighted by atomic mass is 9.89. The highest BCUT2D eigenvalue weighted by molar-refractivity contribution is 9.11. The van der Waals surface area contributed by atoms with Crippen LogP contribution in [0.1, 0.15) is 27.7 Å². The molecular weight excluding hydrogens is 382 g/mol. The van der Waals surface area contributed by atoms with Crippen LogP contribution < -0.4 is 4.72 Å². The second-order valence-electron chi connectivity index (χ2n) is 5.28. The van der Waals surface area contributed by atoms with E-state index in [1.807, 2.05) is 27.7 Å². The number of sulfonamides is 1. The summed E-state index contributed by atoms with van der Waals surface area (Å²) in [5.74, 6) is 0. The number of nitrogens with one attached hydrogen (secondary N) is 1. The molecule has 0 aliphatic carbocycles. The number of rotatable bonds is 3. The van der Waals surface area contributed by atoms with E-state index in [9.17, 15) is 8.42 Å². The van der Waals surface area contributed by atoms with Crippen LogP contribution in [0.4, 0.5) is 0 Å². The molecule has 3 nitrogen and oxygen atoms in total. The Hall–Kier alpha value is 0.0900. The Kier molecular flexibility index (Phi) is 5.03. The van der Waals surface area contributed by atoms with Crippen LogP contribution in [-0.4, -0.2) is 14.5 Å². The van der Waals surface area contributed by atoms with Crippen LogP contribution in [0.25, 0.3) is 0 Å². The van der Waals surface area contributed by atoms with Gasteiger partial charge in [-0.25, -0.2) is 13.1 Å². The Balaban J connectivity index is 3.11. The molecule has 0 bridgehead atoms. The summed E-state index contributed by atoms with van der Waals surface area (Å²) in [6.07, 6.45) is 0. The molecule has 0 aromatic heterocycles. The Labute approximate surface area is 126 Å². The summed E-state index contributed by atoms with van der Waals surface area (Å²) < 4.78 is 28.6.